The molecule has 0 fully saturated rings. The van der Waals surface area contributed by atoms with Gasteiger partial charge in [-0.05, 0) is 61.9 Å². The zero-order valence-electron chi connectivity index (χ0n) is 19.7. The standard InChI is InChI=1S/C28H29NO5/c1-19-11-20(2)13-24(12-19)34-27-18-33-26-14-23(9-10-25(26)28(27)31)32-17-22(30)16-29(3)15-21-7-5-4-6-8-21/h4-14,18,22,30H,15-17H2,1-3H3/t22-/m1/s1. The normalized spacial score (nSPS) is 12.1. The second-order valence-electron chi connectivity index (χ2n) is 8.66. The van der Waals surface area contributed by atoms with E-state index in [1.165, 1.54) is 11.8 Å². The first-order valence-corrected chi connectivity index (χ1v) is 11.2. The second-order valence-corrected chi connectivity index (χ2v) is 8.66. The maximum Gasteiger partial charge on any atom is 0.235 e. The first-order valence-electron chi connectivity index (χ1n) is 11.2. The molecule has 0 saturated carbocycles. The number of aryl methyl sites for hydroxylation is 2. The molecule has 0 aliphatic heterocycles. The molecule has 6 heteroatoms. The summed E-state index contributed by atoms with van der Waals surface area (Å²) in [6, 6.07) is 20.9. The third-order valence-corrected chi connectivity index (χ3v) is 5.40. The third-order valence-electron chi connectivity index (χ3n) is 5.40. The molecule has 0 radical (unpaired) electrons. The fraction of sp³-hybridized carbons (Fsp3) is 0.250. The van der Waals surface area contributed by atoms with Crippen LogP contribution in [0.2, 0.25) is 0 Å². The van der Waals surface area contributed by atoms with Crippen LogP contribution in [-0.2, 0) is 6.54 Å². The average molecular weight is 460 g/mol. The van der Waals surface area contributed by atoms with Gasteiger partial charge in [-0.2, -0.15) is 0 Å². The van der Waals surface area contributed by atoms with Crippen molar-refractivity contribution in [1.29, 1.82) is 0 Å². The summed E-state index contributed by atoms with van der Waals surface area (Å²) in [5.41, 5.74) is 3.43. The van der Waals surface area contributed by atoms with Crippen LogP contribution in [0, 0.1) is 13.8 Å². The van der Waals surface area contributed by atoms with Crippen LogP contribution < -0.4 is 14.9 Å². The van der Waals surface area contributed by atoms with Crippen molar-refractivity contribution >= 4 is 11.0 Å². The number of rotatable bonds is 9. The lowest BCUT2D eigenvalue weighted by atomic mass is 10.1. The molecule has 0 unspecified atom stereocenters. The zero-order valence-corrected chi connectivity index (χ0v) is 19.7. The predicted octanol–water partition coefficient (Wildman–Crippen LogP) is 5.07. The van der Waals surface area contributed by atoms with Crippen LogP contribution in [0.15, 0.2) is 82.2 Å². The van der Waals surface area contributed by atoms with Crippen LogP contribution in [0.25, 0.3) is 11.0 Å². The number of aliphatic hydroxyl groups is 1. The summed E-state index contributed by atoms with van der Waals surface area (Å²) in [6.07, 6.45) is 0.657. The number of fused-ring (bicyclic) bond motifs is 1. The Morgan fingerprint density at radius 2 is 1.71 bits per heavy atom. The van der Waals surface area contributed by atoms with Crippen molar-refractivity contribution < 1.29 is 19.0 Å². The Labute approximate surface area is 199 Å². The van der Waals surface area contributed by atoms with E-state index < -0.39 is 6.10 Å². The molecule has 0 bridgehead atoms. The van der Waals surface area contributed by atoms with Gasteiger partial charge in [0.15, 0.2) is 0 Å². The van der Waals surface area contributed by atoms with Crippen molar-refractivity contribution in [3.8, 4) is 17.2 Å². The van der Waals surface area contributed by atoms with Gasteiger partial charge in [-0.1, -0.05) is 36.4 Å². The van der Waals surface area contributed by atoms with E-state index in [1.807, 2.05) is 62.2 Å². The predicted molar refractivity (Wildman–Crippen MR) is 133 cm³/mol. The van der Waals surface area contributed by atoms with Crippen LogP contribution in [0.4, 0.5) is 0 Å². The van der Waals surface area contributed by atoms with Gasteiger partial charge in [0, 0.05) is 19.2 Å². The van der Waals surface area contributed by atoms with E-state index in [0.717, 1.165) is 17.7 Å². The van der Waals surface area contributed by atoms with Gasteiger partial charge < -0.3 is 19.0 Å². The fourth-order valence-electron chi connectivity index (χ4n) is 3.93. The van der Waals surface area contributed by atoms with E-state index in [0.29, 0.717) is 29.0 Å². The van der Waals surface area contributed by atoms with E-state index in [-0.39, 0.29) is 17.8 Å². The quantitative estimate of drug-likeness (QED) is 0.377. The Morgan fingerprint density at radius 3 is 2.44 bits per heavy atom. The minimum Gasteiger partial charge on any atom is -0.491 e. The molecule has 1 aromatic heterocycles. The zero-order chi connectivity index (χ0) is 24.1. The van der Waals surface area contributed by atoms with Gasteiger partial charge in [-0.3, -0.25) is 9.69 Å². The molecule has 0 saturated heterocycles. The second kappa shape index (κ2) is 10.5. The Morgan fingerprint density at radius 1 is 0.971 bits per heavy atom. The van der Waals surface area contributed by atoms with Crippen LogP contribution in [0.3, 0.4) is 0 Å². The van der Waals surface area contributed by atoms with E-state index in [4.69, 9.17) is 13.9 Å². The lowest BCUT2D eigenvalue weighted by Gasteiger charge is -2.21. The Hall–Kier alpha value is -3.61. The lowest BCUT2D eigenvalue weighted by Crippen LogP contribution is -2.32. The van der Waals surface area contributed by atoms with Gasteiger partial charge >= 0.3 is 0 Å². The monoisotopic (exact) mass is 459 g/mol. The Kier molecular flexibility index (Phi) is 7.30. The molecule has 0 spiro atoms. The topological polar surface area (TPSA) is 72.1 Å². The average Bonchev–Trinajstić information content (AvgIpc) is 2.79. The molecule has 1 N–H and O–H groups in total. The van der Waals surface area contributed by atoms with Gasteiger partial charge in [0.05, 0.1) is 5.39 Å². The number of nitrogens with zero attached hydrogens (tertiary/aromatic N) is 1. The molecular weight excluding hydrogens is 430 g/mol. The maximum atomic E-state index is 12.9. The molecule has 0 aliphatic carbocycles. The molecule has 34 heavy (non-hydrogen) atoms. The summed E-state index contributed by atoms with van der Waals surface area (Å²) >= 11 is 0. The lowest BCUT2D eigenvalue weighted by molar-refractivity contribution is 0.0744. The Balaban J connectivity index is 1.38. The van der Waals surface area contributed by atoms with Crippen LogP contribution in [0.1, 0.15) is 16.7 Å². The van der Waals surface area contributed by atoms with Gasteiger partial charge in [-0.25, -0.2) is 0 Å². The van der Waals surface area contributed by atoms with Crippen molar-refractivity contribution in [1.82, 2.24) is 4.90 Å². The Bertz CT molecular complexity index is 1300. The van der Waals surface area contributed by atoms with Crippen molar-refractivity contribution in [3.05, 3.63) is 99.9 Å². The molecule has 4 rings (SSSR count). The highest BCUT2D eigenvalue weighted by molar-refractivity contribution is 5.79. The highest BCUT2D eigenvalue weighted by Crippen LogP contribution is 2.25. The molecule has 1 heterocycles. The minimum atomic E-state index is -0.662. The number of hydrogen-bond acceptors (Lipinski definition) is 6. The van der Waals surface area contributed by atoms with Crippen molar-refractivity contribution in [2.45, 2.75) is 26.5 Å². The van der Waals surface area contributed by atoms with Crippen LogP contribution in [-0.4, -0.2) is 36.3 Å². The maximum absolute atomic E-state index is 12.9. The number of benzene rings is 3. The molecule has 0 amide bonds. The molecular formula is C28H29NO5. The molecule has 1 atom stereocenters. The fourth-order valence-corrected chi connectivity index (χ4v) is 3.93. The van der Waals surface area contributed by atoms with E-state index in [1.54, 1.807) is 18.2 Å². The summed E-state index contributed by atoms with van der Waals surface area (Å²) in [5.74, 6) is 1.24. The third kappa shape index (κ3) is 6.04. The summed E-state index contributed by atoms with van der Waals surface area (Å²) in [5, 5.41) is 10.8. The SMILES string of the molecule is Cc1cc(C)cc(Oc2coc3cc(OC[C@H](O)CN(C)Cc4ccccc4)ccc3c2=O)c1. The number of hydrogen-bond donors (Lipinski definition) is 1. The molecule has 0 aliphatic rings. The number of likely N-dealkylation sites (N-methyl/N-ethyl adjacent to an activating group) is 1. The summed E-state index contributed by atoms with van der Waals surface area (Å²) in [7, 11) is 1.96. The van der Waals surface area contributed by atoms with Crippen molar-refractivity contribution in [3.63, 3.8) is 0 Å². The highest BCUT2D eigenvalue weighted by atomic mass is 16.5. The molecule has 3 aromatic carbocycles. The minimum absolute atomic E-state index is 0.128. The van der Waals surface area contributed by atoms with E-state index in [9.17, 15) is 9.90 Å². The van der Waals surface area contributed by atoms with Gasteiger partial charge in [0.25, 0.3) is 0 Å². The molecule has 176 valence electrons. The van der Waals surface area contributed by atoms with Gasteiger partial charge in [-0.15, -0.1) is 0 Å². The highest BCUT2D eigenvalue weighted by Gasteiger charge is 2.13. The van der Waals surface area contributed by atoms with E-state index in [2.05, 4.69) is 12.1 Å². The number of ether oxygens (including phenoxy) is 2. The van der Waals surface area contributed by atoms with Crippen molar-refractivity contribution in [2.24, 2.45) is 0 Å². The van der Waals surface area contributed by atoms with E-state index >= 15 is 0 Å². The molecule has 6 nitrogen and oxygen atoms in total. The van der Waals surface area contributed by atoms with Crippen molar-refractivity contribution in [2.75, 3.05) is 20.2 Å². The van der Waals surface area contributed by atoms with Gasteiger partial charge in [0.2, 0.25) is 11.2 Å². The van der Waals surface area contributed by atoms with Crippen LogP contribution >= 0.6 is 0 Å². The smallest absolute Gasteiger partial charge is 0.235 e. The summed E-state index contributed by atoms with van der Waals surface area (Å²) < 4.78 is 17.2. The number of aliphatic hydroxyl groups excluding tert-OH is 1. The van der Waals surface area contributed by atoms with Gasteiger partial charge in [0.1, 0.15) is 36.1 Å². The first kappa shape index (κ1) is 23.5. The summed E-state index contributed by atoms with van der Waals surface area (Å²) in [4.78, 5) is 14.9. The summed E-state index contributed by atoms with van der Waals surface area (Å²) in [6.45, 7) is 5.29. The van der Waals surface area contributed by atoms with Crippen LogP contribution in [0.5, 0.6) is 17.2 Å². The first-order chi connectivity index (χ1) is 16.4. The largest absolute Gasteiger partial charge is 0.491 e. The molecule has 4 aromatic rings.